The van der Waals surface area contributed by atoms with Crippen molar-refractivity contribution in [2.75, 3.05) is 0 Å². The number of benzene rings is 1. The maximum Gasteiger partial charge on any atom is 0.490 e. The summed E-state index contributed by atoms with van der Waals surface area (Å²) in [6.45, 7) is 0. The lowest BCUT2D eigenvalue weighted by molar-refractivity contribution is -0.192. The zero-order valence-electron chi connectivity index (χ0n) is 19.2. The largest absolute Gasteiger partial charge is 0.490 e. The number of carboxylic acid groups (broad SMARTS) is 1. The minimum Gasteiger partial charge on any atom is -0.475 e. The lowest BCUT2D eigenvalue weighted by Gasteiger charge is -2.35. The predicted molar refractivity (Wildman–Crippen MR) is 127 cm³/mol. The Morgan fingerprint density at radius 3 is 2.36 bits per heavy atom. The van der Waals surface area contributed by atoms with Gasteiger partial charge in [0.2, 0.25) is 5.95 Å². The average Bonchev–Trinajstić information content (AvgIpc) is 3.18. The fraction of sp³-hybridized carbons (Fsp3) is 0.0800. The normalized spacial score (nSPS) is 16.7. The van der Waals surface area contributed by atoms with E-state index in [1.54, 1.807) is 42.6 Å². The molecule has 39 heavy (non-hydrogen) atoms. The van der Waals surface area contributed by atoms with E-state index >= 15 is 0 Å². The lowest BCUT2D eigenvalue weighted by Crippen LogP contribution is -2.30. The Hall–Kier alpha value is -4.65. The first kappa shape index (κ1) is 26.0. The molecule has 1 spiro atoms. The van der Waals surface area contributed by atoms with Crippen molar-refractivity contribution in [3.05, 3.63) is 100 Å². The Labute approximate surface area is 220 Å². The van der Waals surface area contributed by atoms with Crippen LogP contribution >= 0.6 is 11.6 Å². The van der Waals surface area contributed by atoms with Gasteiger partial charge < -0.3 is 15.6 Å². The van der Waals surface area contributed by atoms with Gasteiger partial charge in [-0.1, -0.05) is 23.7 Å². The number of carbonyl (C=O) groups is 1. The maximum atomic E-state index is 14.9. The minimum absolute atomic E-state index is 0.0618. The van der Waals surface area contributed by atoms with Crippen LogP contribution in [0.25, 0.3) is 11.1 Å². The highest BCUT2D eigenvalue weighted by Gasteiger charge is 2.50. The quantitative estimate of drug-likeness (QED) is 0.241. The third-order valence-corrected chi connectivity index (χ3v) is 6.11. The summed E-state index contributed by atoms with van der Waals surface area (Å²) in [5.74, 6) is -3.82. The van der Waals surface area contributed by atoms with Crippen molar-refractivity contribution in [2.24, 2.45) is 10.7 Å². The average molecular weight is 562 g/mol. The first-order valence-corrected chi connectivity index (χ1v) is 11.2. The first-order valence-electron chi connectivity index (χ1n) is 10.8. The van der Waals surface area contributed by atoms with Gasteiger partial charge in [0, 0.05) is 34.6 Å². The van der Waals surface area contributed by atoms with E-state index in [4.69, 9.17) is 37.0 Å². The van der Waals surface area contributed by atoms with Crippen LogP contribution in [0.2, 0.25) is 5.15 Å². The number of fused-ring (bicyclic) bond motifs is 6. The molecule has 4 aromatic rings. The molecule has 1 atom stereocenters. The summed E-state index contributed by atoms with van der Waals surface area (Å²) in [5.41, 5.74) is 7.79. The van der Waals surface area contributed by atoms with Gasteiger partial charge in [0.1, 0.15) is 28.0 Å². The smallest absolute Gasteiger partial charge is 0.475 e. The molecule has 0 amide bonds. The third kappa shape index (κ3) is 4.30. The van der Waals surface area contributed by atoms with E-state index in [0.717, 1.165) is 0 Å². The number of hydrogen-bond acceptors (Lipinski definition) is 7. The zero-order valence-corrected chi connectivity index (χ0v) is 19.9. The molecule has 198 valence electrons. The van der Waals surface area contributed by atoms with E-state index in [-0.39, 0.29) is 16.7 Å². The number of nitrogens with two attached hydrogens (primary N) is 1. The van der Waals surface area contributed by atoms with Gasteiger partial charge >= 0.3 is 12.1 Å². The molecule has 8 nitrogen and oxygen atoms in total. The van der Waals surface area contributed by atoms with Crippen LogP contribution in [0, 0.1) is 11.9 Å². The standard InChI is InChI=1S/C23H12ClF2N5O.C2HF3O2/c24-17-10-15-19(21(26)30-17)32-16-6-5-11(12-3-1-8-29-20(12)25)9-14(16)23(15)13-4-2-7-28-18(13)22(27)31-23;3-2(4,5)1(6)7/h1-10H,(H2,27,31);(H,6,7)/t23-;/m1./s1. The fourth-order valence-electron chi connectivity index (χ4n) is 4.37. The number of nitrogens with zero attached hydrogens (tertiary/aromatic N) is 4. The highest BCUT2D eigenvalue weighted by atomic mass is 35.5. The topological polar surface area (TPSA) is 124 Å². The van der Waals surface area contributed by atoms with Gasteiger partial charge in [-0.25, -0.2) is 19.8 Å². The molecule has 0 aliphatic carbocycles. The van der Waals surface area contributed by atoms with Crippen molar-refractivity contribution >= 4 is 23.4 Å². The van der Waals surface area contributed by atoms with Crippen LogP contribution in [-0.2, 0) is 10.3 Å². The molecule has 2 aliphatic heterocycles. The van der Waals surface area contributed by atoms with Crippen LogP contribution in [0.5, 0.6) is 11.5 Å². The van der Waals surface area contributed by atoms with Crippen LogP contribution in [0.4, 0.5) is 22.0 Å². The molecule has 1 aromatic carbocycles. The Kier molecular flexibility index (Phi) is 6.18. The number of hydrogen-bond donors (Lipinski definition) is 2. The van der Waals surface area contributed by atoms with Gasteiger partial charge in [-0.3, -0.25) is 4.98 Å². The zero-order chi connectivity index (χ0) is 28.1. The second-order valence-electron chi connectivity index (χ2n) is 8.18. The fourth-order valence-corrected chi connectivity index (χ4v) is 4.55. The van der Waals surface area contributed by atoms with Crippen molar-refractivity contribution in [2.45, 2.75) is 11.7 Å². The number of ether oxygens (including phenoxy) is 1. The van der Waals surface area contributed by atoms with E-state index in [2.05, 4.69) is 15.0 Å². The summed E-state index contributed by atoms with van der Waals surface area (Å²) in [5, 5.41) is 7.06. The molecular formula is C25H13ClF5N5O3. The molecular weight excluding hydrogens is 549 g/mol. The van der Waals surface area contributed by atoms with Crippen molar-refractivity contribution < 1.29 is 36.6 Å². The molecule has 0 fully saturated rings. The molecule has 3 N–H and O–H groups in total. The van der Waals surface area contributed by atoms with Gasteiger partial charge in [-0.05, 0) is 42.0 Å². The maximum absolute atomic E-state index is 14.9. The number of carboxylic acids is 1. The van der Waals surface area contributed by atoms with Crippen molar-refractivity contribution in [3.63, 3.8) is 0 Å². The molecule has 6 rings (SSSR count). The second kappa shape index (κ2) is 9.27. The summed E-state index contributed by atoms with van der Waals surface area (Å²) in [7, 11) is 0. The van der Waals surface area contributed by atoms with Gasteiger partial charge in [0.15, 0.2) is 5.75 Å². The molecule has 0 unspecified atom stereocenters. The van der Waals surface area contributed by atoms with Crippen LogP contribution in [0.3, 0.4) is 0 Å². The Balaban J connectivity index is 0.000000392. The number of rotatable bonds is 1. The van der Waals surface area contributed by atoms with E-state index in [0.29, 0.717) is 39.3 Å². The Bertz CT molecular complexity index is 1680. The van der Waals surface area contributed by atoms with Crippen LogP contribution < -0.4 is 10.5 Å². The summed E-state index contributed by atoms with van der Waals surface area (Å²) in [4.78, 5) is 25.4. The monoisotopic (exact) mass is 561 g/mol. The molecule has 2 aliphatic rings. The number of amidine groups is 1. The van der Waals surface area contributed by atoms with E-state index in [1.807, 2.05) is 6.07 Å². The number of aliphatic carboxylic acids is 1. The van der Waals surface area contributed by atoms with Gasteiger partial charge in [-0.15, -0.1) is 0 Å². The highest BCUT2D eigenvalue weighted by molar-refractivity contribution is 6.29. The minimum atomic E-state index is -5.08. The van der Waals surface area contributed by atoms with Crippen molar-refractivity contribution in [3.8, 4) is 22.6 Å². The molecule has 14 heteroatoms. The van der Waals surface area contributed by atoms with Crippen molar-refractivity contribution in [1.29, 1.82) is 0 Å². The number of halogens is 6. The molecule has 0 saturated carbocycles. The third-order valence-electron chi connectivity index (χ3n) is 5.91. The van der Waals surface area contributed by atoms with E-state index < -0.39 is 29.6 Å². The summed E-state index contributed by atoms with van der Waals surface area (Å²) < 4.78 is 66.9. The van der Waals surface area contributed by atoms with Crippen LogP contribution in [0.1, 0.15) is 22.4 Å². The highest BCUT2D eigenvalue weighted by Crippen LogP contribution is 2.56. The van der Waals surface area contributed by atoms with E-state index in [1.165, 1.54) is 12.3 Å². The van der Waals surface area contributed by atoms with Crippen molar-refractivity contribution in [1.82, 2.24) is 15.0 Å². The lowest BCUT2D eigenvalue weighted by atomic mass is 9.76. The van der Waals surface area contributed by atoms with E-state index in [9.17, 15) is 22.0 Å². The summed E-state index contributed by atoms with van der Waals surface area (Å²) in [6, 6.07) is 13.4. The first-order chi connectivity index (χ1) is 18.4. The molecule has 3 aromatic heterocycles. The Morgan fingerprint density at radius 1 is 0.974 bits per heavy atom. The number of alkyl halides is 3. The SMILES string of the molecule is NC1=N[C@@]2(c3cc(-c4cccnc4F)ccc3Oc3c2cc(Cl)nc3F)c2cccnc21.O=C(O)C(F)(F)F. The predicted octanol–water partition coefficient (Wildman–Crippen LogP) is 5.22. The summed E-state index contributed by atoms with van der Waals surface area (Å²) >= 11 is 6.12. The Morgan fingerprint density at radius 2 is 1.67 bits per heavy atom. The van der Waals surface area contributed by atoms with Gasteiger partial charge in [0.05, 0.1) is 0 Å². The van der Waals surface area contributed by atoms with Gasteiger partial charge in [0.25, 0.3) is 5.95 Å². The summed E-state index contributed by atoms with van der Waals surface area (Å²) in [6.07, 6.45) is -2.11. The molecule has 0 bridgehead atoms. The molecule has 5 heterocycles. The molecule has 0 radical (unpaired) electrons. The number of aromatic nitrogens is 3. The second-order valence-corrected chi connectivity index (χ2v) is 8.56. The van der Waals surface area contributed by atoms with Crippen LogP contribution in [-0.4, -0.2) is 38.0 Å². The number of pyridine rings is 3. The number of aliphatic imine (C=N–C) groups is 1. The molecule has 0 saturated heterocycles. The van der Waals surface area contributed by atoms with Gasteiger partial charge in [-0.2, -0.15) is 22.0 Å². The van der Waals surface area contributed by atoms with Crippen LogP contribution in [0.15, 0.2) is 65.9 Å².